The first-order valence-electron chi connectivity index (χ1n) is 5.64. The number of nitrogens with zero attached hydrogens (tertiary/aromatic N) is 3. The molecule has 6 nitrogen and oxygen atoms in total. The van der Waals surface area contributed by atoms with Crippen molar-refractivity contribution in [2.75, 3.05) is 20.1 Å². The lowest BCUT2D eigenvalue weighted by molar-refractivity contribution is -0.148. The number of rotatable bonds is 3. The highest BCUT2D eigenvalue weighted by atomic mass is 16.4. The molecule has 1 atom stereocenters. The van der Waals surface area contributed by atoms with Crippen LogP contribution in [0.5, 0.6) is 0 Å². The Morgan fingerprint density at radius 1 is 1.50 bits per heavy atom. The summed E-state index contributed by atoms with van der Waals surface area (Å²) in [6.07, 6.45) is 3.06. The van der Waals surface area contributed by atoms with Crippen LogP contribution < -0.4 is 0 Å². The van der Waals surface area contributed by atoms with Gasteiger partial charge in [0.2, 0.25) is 0 Å². The molecule has 0 aliphatic carbocycles. The quantitative estimate of drug-likeness (QED) is 0.857. The number of carbonyl (C=O) groups is 2. The number of carboxylic acid groups (broad SMARTS) is 1. The van der Waals surface area contributed by atoms with Crippen molar-refractivity contribution < 1.29 is 14.7 Å². The van der Waals surface area contributed by atoms with Gasteiger partial charge in [-0.25, -0.2) is 9.59 Å². The standard InChI is InChI=1S/C12H15N3O3/c1-12(10(16)17,9-4-3-5-13-8-9)15-7-6-14(2)11(15)18/h3-5,8H,6-7H2,1-2H3,(H,16,17). The average molecular weight is 249 g/mol. The second-order valence-corrected chi connectivity index (χ2v) is 4.47. The third kappa shape index (κ3) is 1.70. The fourth-order valence-corrected chi connectivity index (χ4v) is 2.11. The third-order valence-electron chi connectivity index (χ3n) is 3.40. The van der Waals surface area contributed by atoms with E-state index >= 15 is 0 Å². The minimum Gasteiger partial charge on any atom is -0.479 e. The van der Waals surface area contributed by atoms with Gasteiger partial charge in [0.05, 0.1) is 0 Å². The summed E-state index contributed by atoms with van der Waals surface area (Å²) < 4.78 is 0. The first-order valence-corrected chi connectivity index (χ1v) is 5.64. The lowest BCUT2D eigenvalue weighted by atomic mass is 9.92. The molecule has 96 valence electrons. The highest BCUT2D eigenvalue weighted by Gasteiger charge is 2.47. The summed E-state index contributed by atoms with van der Waals surface area (Å²) in [4.78, 5) is 30.4. The molecule has 6 heteroatoms. The van der Waals surface area contributed by atoms with E-state index in [2.05, 4.69) is 4.98 Å². The molecule has 18 heavy (non-hydrogen) atoms. The van der Waals surface area contributed by atoms with Gasteiger partial charge < -0.3 is 14.9 Å². The summed E-state index contributed by atoms with van der Waals surface area (Å²) in [6.45, 7) is 2.46. The van der Waals surface area contributed by atoms with E-state index in [0.29, 0.717) is 18.7 Å². The predicted octanol–water partition coefficient (Wildman–Crippen LogP) is 0.749. The minimum atomic E-state index is -1.38. The Balaban J connectivity index is 2.46. The van der Waals surface area contributed by atoms with Crippen LogP contribution in [0.3, 0.4) is 0 Å². The van der Waals surface area contributed by atoms with Crippen molar-refractivity contribution in [2.24, 2.45) is 0 Å². The normalized spacial score (nSPS) is 18.9. The molecule has 1 aliphatic heterocycles. The van der Waals surface area contributed by atoms with Gasteiger partial charge in [0.15, 0.2) is 5.54 Å². The van der Waals surface area contributed by atoms with E-state index in [0.717, 1.165) is 0 Å². The van der Waals surface area contributed by atoms with Crippen LogP contribution in [0.15, 0.2) is 24.5 Å². The van der Waals surface area contributed by atoms with Crippen molar-refractivity contribution in [2.45, 2.75) is 12.5 Å². The number of urea groups is 1. The highest BCUT2D eigenvalue weighted by Crippen LogP contribution is 2.31. The number of aliphatic carboxylic acids is 1. The first kappa shape index (κ1) is 12.3. The zero-order valence-corrected chi connectivity index (χ0v) is 10.3. The van der Waals surface area contributed by atoms with Crippen LogP contribution in [-0.2, 0) is 10.3 Å². The molecular formula is C12H15N3O3. The van der Waals surface area contributed by atoms with E-state index in [1.165, 1.54) is 22.9 Å². The SMILES string of the molecule is CN1CCN(C(C)(C(=O)O)c2cccnc2)C1=O. The molecule has 1 N–H and O–H groups in total. The third-order valence-corrected chi connectivity index (χ3v) is 3.40. The molecule has 2 heterocycles. The topological polar surface area (TPSA) is 73.7 Å². The number of hydrogen-bond acceptors (Lipinski definition) is 3. The van der Waals surface area contributed by atoms with Gasteiger partial charge in [-0.3, -0.25) is 4.98 Å². The van der Waals surface area contributed by atoms with Crippen molar-refractivity contribution in [3.63, 3.8) is 0 Å². The molecule has 0 aromatic carbocycles. The van der Waals surface area contributed by atoms with E-state index in [1.54, 1.807) is 25.4 Å². The molecule has 1 aromatic rings. The monoisotopic (exact) mass is 249 g/mol. The van der Waals surface area contributed by atoms with E-state index < -0.39 is 11.5 Å². The van der Waals surface area contributed by atoms with Crippen molar-refractivity contribution in [1.82, 2.24) is 14.8 Å². The number of pyridine rings is 1. The summed E-state index contributed by atoms with van der Waals surface area (Å²) in [6, 6.07) is 3.07. The molecule has 0 radical (unpaired) electrons. The van der Waals surface area contributed by atoms with Gasteiger partial charge in [-0.1, -0.05) is 6.07 Å². The lowest BCUT2D eigenvalue weighted by Crippen LogP contribution is -2.51. The predicted molar refractivity (Wildman–Crippen MR) is 64.0 cm³/mol. The van der Waals surface area contributed by atoms with Gasteiger partial charge in [-0.05, 0) is 13.0 Å². The Morgan fingerprint density at radius 3 is 2.67 bits per heavy atom. The number of carboxylic acids is 1. The second-order valence-electron chi connectivity index (χ2n) is 4.47. The molecule has 2 rings (SSSR count). The van der Waals surface area contributed by atoms with Crippen molar-refractivity contribution in [1.29, 1.82) is 0 Å². The van der Waals surface area contributed by atoms with Crippen LogP contribution in [0, 0.1) is 0 Å². The molecule has 0 spiro atoms. The Bertz CT molecular complexity index is 477. The molecule has 1 unspecified atom stereocenters. The number of carbonyl (C=O) groups excluding carboxylic acids is 1. The van der Waals surface area contributed by atoms with Crippen LogP contribution >= 0.6 is 0 Å². The molecule has 0 bridgehead atoms. The summed E-state index contributed by atoms with van der Waals surface area (Å²) in [5, 5.41) is 9.51. The molecular weight excluding hydrogens is 234 g/mol. The van der Waals surface area contributed by atoms with Crippen LogP contribution in [0.4, 0.5) is 4.79 Å². The van der Waals surface area contributed by atoms with E-state index in [1.807, 2.05) is 0 Å². The van der Waals surface area contributed by atoms with Gasteiger partial charge in [0, 0.05) is 38.1 Å². The van der Waals surface area contributed by atoms with Gasteiger partial charge in [0.1, 0.15) is 0 Å². The average Bonchev–Trinajstić information content (AvgIpc) is 2.70. The summed E-state index contributed by atoms with van der Waals surface area (Å²) >= 11 is 0. The van der Waals surface area contributed by atoms with Crippen LogP contribution in [0.2, 0.25) is 0 Å². The maximum atomic E-state index is 12.0. The maximum absolute atomic E-state index is 12.0. The number of likely N-dealkylation sites (N-methyl/N-ethyl adjacent to an activating group) is 1. The van der Waals surface area contributed by atoms with Crippen LogP contribution in [0.25, 0.3) is 0 Å². The molecule has 2 amide bonds. The fraction of sp³-hybridized carbons (Fsp3) is 0.417. The molecule has 1 saturated heterocycles. The van der Waals surface area contributed by atoms with Crippen LogP contribution in [-0.4, -0.2) is 52.0 Å². The Hall–Kier alpha value is -2.11. The zero-order chi connectivity index (χ0) is 13.3. The Kier molecular flexibility index (Phi) is 2.94. The van der Waals surface area contributed by atoms with Gasteiger partial charge in [-0.15, -0.1) is 0 Å². The smallest absolute Gasteiger partial charge is 0.334 e. The number of hydrogen-bond donors (Lipinski definition) is 1. The van der Waals surface area contributed by atoms with Gasteiger partial charge in [-0.2, -0.15) is 0 Å². The Morgan fingerprint density at radius 2 is 2.22 bits per heavy atom. The molecule has 1 fully saturated rings. The van der Waals surface area contributed by atoms with Crippen molar-refractivity contribution in [3.8, 4) is 0 Å². The number of aromatic nitrogens is 1. The first-order chi connectivity index (χ1) is 8.48. The van der Waals surface area contributed by atoms with Gasteiger partial charge >= 0.3 is 12.0 Å². The number of amides is 2. The summed E-state index contributed by atoms with van der Waals surface area (Å²) in [7, 11) is 1.66. The molecule has 1 aromatic heterocycles. The van der Waals surface area contributed by atoms with Crippen molar-refractivity contribution >= 4 is 12.0 Å². The van der Waals surface area contributed by atoms with Crippen LogP contribution in [0.1, 0.15) is 12.5 Å². The summed E-state index contributed by atoms with van der Waals surface area (Å²) in [5.74, 6) is -1.06. The van der Waals surface area contributed by atoms with E-state index in [9.17, 15) is 14.7 Å². The summed E-state index contributed by atoms with van der Waals surface area (Å²) in [5.41, 5.74) is -0.878. The lowest BCUT2D eigenvalue weighted by Gasteiger charge is -2.34. The fourth-order valence-electron chi connectivity index (χ4n) is 2.11. The minimum absolute atomic E-state index is 0.274. The highest BCUT2D eigenvalue weighted by molar-refractivity contribution is 5.88. The van der Waals surface area contributed by atoms with Gasteiger partial charge in [0.25, 0.3) is 0 Å². The van der Waals surface area contributed by atoms with Crippen molar-refractivity contribution in [3.05, 3.63) is 30.1 Å². The molecule has 1 aliphatic rings. The van der Waals surface area contributed by atoms with E-state index in [-0.39, 0.29) is 6.03 Å². The maximum Gasteiger partial charge on any atom is 0.334 e. The largest absolute Gasteiger partial charge is 0.479 e. The zero-order valence-electron chi connectivity index (χ0n) is 10.3. The Labute approximate surface area is 105 Å². The van der Waals surface area contributed by atoms with E-state index in [4.69, 9.17) is 0 Å². The second kappa shape index (κ2) is 4.29. The molecule has 0 saturated carbocycles.